The summed E-state index contributed by atoms with van der Waals surface area (Å²) in [7, 11) is 0. The zero-order valence-corrected chi connectivity index (χ0v) is 11.4. The second-order valence-corrected chi connectivity index (χ2v) is 5.75. The Morgan fingerprint density at radius 2 is 2.17 bits per heavy atom. The summed E-state index contributed by atoms with van der Waals surface area (Å²) in [6, 6.07) is 8.12. The van der Waals surface area contributed by atoms with Crippen molar-refractivity contribution >= 4 is 29.9 Å². The second kappa shape index (κ2) is 5.54. The van der Waals surface area contributed by atoms with Crippen molar-refractivity contribution in [3.05, 3.63) is 51.5 Å². The summed E-state index contributed by atoms with van der Waals surface area (Å²) in [5, 5.41) is 2.69. The number of aryl methyl sites for hydroxylation is 1. The number of thiol groups is 1. The maximum absolute atomic E-state index is 13.5. The van der Waals surface area contributed by atoms with Crippen LogP contribution in [0, 0.1) is 12.7 Å². The summed E-state index contributed by atoms with van der Waals surface area (Å²) in [5.41, 5.74) is 0.0239. The number of hydrogen-bond donors (Lipinski definition) is 2. The highest BCUT2D eigenvalue weighted by Crippen LogP contribution is 2.16. The van der Waals surface area contributed by atoms with E-state index < -0.39 is 11.7 Å². The lowest BCUT2D eigenvalue weighted by Crippen LogP contribution is -2.23. The van der Waals surface area contributed by atoms with Gasteiger partial charge >= 0.3 is 0 Å². The molecule has 0 aliphatic carbocycles. The van der Waals surface area contributed by atoms with Crippen LogP contribution in [-0.2, 0) is 6.54 Å². The van der Waals surface area contributed by atoms with E-state index in [1.54, 1.807) is 11.3 Å². The van der Waals surface area contributed by atoms with E-state index in [0.717, 1.165) is 4.88 Å². The molecule has 1 N–H and O–H groups in total. The van der Waals surface area contributed by atoms with Crippen LogP contribution in [0.2, 0.25) is 0 Å². The van der Waals surface area contributed by atoms with E-state index in [0.29, 0.717) is 11.4 Å². The van der Waals surface area contributed by atoms with Crippen LogP contribution in [0.5, 0.6) is 0 Å². The molecule has 0 aliphatic rings. The number of amides is 1. The van der Waals surface area contributed by atoms with Gasteiger partial charge in [-0.1, -0.05) is 0 Å². The van der Waals surface area contributed by atoms with Crippen LogP contribution in [0.4, 0.5) is 4.39 Å². The first-order valence-electron chi connectivity index (χ1n) is 5.38. The van der Waals surface area contributed by atoms with Crippen molar-refractivity contribution in [3.8, 4) is 0 Å². The highest BCUT2D eigenvalue weighted by molar-refractivity contribution is 7.80. The number of rotatable bonds is 3. The first-order valence-corrected chi connectivity index (χ1v) is 6.64. The summed E-state index contributed by atoms with van der Waals surface area (Å²) < 4.78 is 13.5. The normalized spacial score (nSPS) is 10.4. The Morgan fingerprint density at radius 3 is 2.83 bits per heavy atom. The fourth-order valence-electron chi connectivity index (χ4n) is 1.53. The summed E-state index contributed by atoms with van der Waals surface area (Å²) in [4.78, 5) is 14.6. The van der Waals surface area contributed by atoms with Gasteiger partial charge in [0, 0.05) is 14.6 Å². The van der Waals surface area contributed by atoms with Crippen LogP contribution in [0.1, 0.15) is 20.1 Å². The Bertz CT molecular complexity index is 580. The molecule has 2 nitrogen and oxygen atoms in total. The van der Waals surface area contributed by atoms with Gasteiger partial charge in [-0.05, 0) is 37.3 Å². The molecule has 1 aromatic carbocycles. The molecular formula is C13H12FNOS2. The largest absolute Gasteiger partial charge is 0.347 e. The van der Waals surface area contributed by atoms with Gasteiger partial charge in [0.25, 0.3) is 5.91 Å². The number of thiophene rings is 1. The second-order valence-electron chi connectivity index (χ2n) is 3.86. The zero-order chi connectivity index (χ0) is 13.1. The molecular weight excluding hydrogens is 269 g/mol. The molecule has 0 spiro atoms. The molecule has 0 bridgehead atoms. The molecule has 2 aromatic rings. The molecule has 2 rings (SSSR count). The van der Waals surface area contributed by atoms with Gasteiger partial charge < -0.3 is 5.32 Å². The van der Waals surface area contributed by atoms with Gasteiger partial charge in [-0.25, -0.2) is 4.39 Å². The number of hydrogen-bond acceptors (Lipinski definition) is 3. The Hall–Kier alpha value is -1.33. The van der Waals surface area contributed by atoms with Gasteiger partial charge in [0.1, 0.15) is 5.82 Å². The van der Waals surface area contributed by atoms with Crippen LogP contribution in [0.25, 0.3) is 0 Å². The molecule has 5 heteroatoms. The molecule has 1 aromatic heterocycles. The highest BCUT2D eigenvalue weighted by Gasteiger charge is 2.11. The molecule has 18 heavy (non-hydrogen) atoms. The monoisotopic (exact) mass is 281 g/mol. The Kier molecular flexibility index (Phi) is 4.04. The average Bonchev–Trinajstić information content (AvgIpc) is 2.75. The van der Waals surface area contributed by atoms with E-state index in [4.69, 9.17) is 0 Å². The van der Waals surface area contributed by atoms with E-state index >= 15 is 0 Å². The Balaban J connectivity index is 2.05. The van der Waals surface area contributed by atoms with Crippen LogP contribution >= 0.6 is 24.0 Å². The van der Waals surface area contributed by atoms with Crippen LogP contribution in [0.15, 0.2) is 35.2 Å². The Morgan fingerprint density at radius 1 is 1.39 bits per heavy atom. The van der Waals surface area contributed by atoms with Crippen molar-refractivity contribution in [1.29, 1.82) is 0 Å². The molecule has 0 aliphatic heterocycles. The summed E-state index contributed by atoms with van der Waals surface area (Å²) in [6.07, 6.45) is 0. The maximum Gasteiger partial charge on any atom is 0.254 e. The number of halogens is 1. The third kappa shape index (κ3) is 3.11. The van der Waals surface area contributed by atoms with E-state index in [-0.39, 0.29) is 5.56 Å². The number of carbonyl (C=O) groups excluding carboxylic acids is 1. The van der Waals surface area contributed by atoms with Crippen molar-refractivity contribution in [2.75, 3.05) is 0 Å². The predicted molar refractivity (Wildman–Crippen MR) is 73.9 cm³/mol. The average molecular weight is 281 g/mol. The lowest BCUT2D eigenvalue weighted by molar-refractivity contribution is 0.0947. The van der Waals surface area contributed by atoms with E-state index in [9.17, 15) is 9.18 Å². The molecule has 1 heterocycles. The Labute approximate surface area is 114 Å². The number of carbonyl (C=O) groups is 1. The van der Waals surface area contributed by atoms with Crippen LogP contribution < -0.4 is 5.32 Å². The van der Waals surface area contributed by atoms with E-state index in [1.165, 1.54) is 23.1 Å². The van der Waals surface area contributed by atoms with Gasteiger partial charge in [0.05, 0.1) is 12.1 Å². The molecule has 0 fully saturated rings. The predicted octanol–water partition coefficient (Wildman–Crippen LogP) is 3.41. The van der Waals surface area contributed by atoms with Gasteiger partial charge in [-0.15, -0.1) is 24.0 Å². The third-order valence-corrected chi connectivity index (χ3v) is 3.69. The fraction of sp³-hybridized carbons (Fsp3) is 0.154. The number of benzene rings is 1. The first-order chi connectivity index (χ1) is 8.56. The van der Waals surface area contributed by atoms with E-state index in [2.05, 4.69) is 17.9 Å². The minimum absolute atomic E-state index is 0.0239. The standard InChI is InChI=1S/C13H12FNOS2/c1-8-2-4-10(18-8)7-15-13(16)11-6-9(17)3-5-12(11)14/h2-6,17H,7H2,1H3,(H,15,16). The molecule has 0 unspecified atom stereocenters. The molecule has 0 saturated heterocycles. The van der Waals surface area contributed by atoms with Crippen molar-refractivity contribution in [3.63, 3.8) is 0 Å². The van der Waals surface area contributed by atoms with Gasteiger partial charge in [0.15, 0.2) is 0 Å². The summed E-state index contributed by atoms with van der Waals surface area (Å²) in [6.45, 7) is 2.41. The van der Waals surface area contributed by atoms with Crippen molar-refractivity contribution in [2.45, 2.75) is 18.4 Å². The first kappa shape index (κ1) is 13.1. The quantitative estimate of drug-likeness (QED) is 0.829. The lowest BCUT2D eigenvalue weighted by atomic mass is 10.2. The molecule has 0 saturated carbocycles. The van der Waals surface area contributed by atoms with Crippen LogP contribution in [-0.4, -0.2) is 5.91 Å². The van der Waals surface area contributed by atoms with Gasteiger partial charge in [0.2, 0.25) is 0 Å². The summed E-state index contributed by atoms with van der Waals surface area (Å²) in [5.74, 6) is -0.956. The molecule has 94 valence electrons. The fourth-order valence-corrected chi connectivity index (χ4v) is 2.56. The topological polar surface area (TPSA) is 29.1 Å². The van der Waals surface area contributed by atoms with Gasteiger partial charge in [-0.3, -0.25) is 4.79 Å². The zero-order valence-electron chi connectivity index (χ0n) is 9.74. The molecule has 0 atom stereocenters. The third-order valence-electron chi connectivity index (χ3n) is 2.41. The van der Waals surface area contributed by atoms with Gasteiger partial charge in [-0.2, -0.15) is 0 Å². The lowest BCUT2D eigenvalue weighted by Gasteiger charge is -2.05. The minimum atomic E-state index is -0.535. The van der Waals surface area contributed by atoms with E-state index in [1.807, 2.05) is 19.1 Å². The summed E-state index contributed by atoms with van der Waals surface area (Å²) >= 11 is 5.70. The van der Waals surface area contributed by atoms with Crippen molar-refractivity contribution in [2.24, 2.45) is 0 Å². The van der Waals surface area contributed by atoms with Crippen molar-refractivity contribution < 1.29 is 9.18 Å². The smallest absolute Gasteiger partial charge is 0.254 e. The van der Waals surface area contributed by atoms with Crippen molar-refractivity contribution in [1.82, 2.24) is 5.32 Å². The highest BCUT2D eigenvalue weighted by atomic mass is 32.1. The van der Waals surface area contributed by atoms with Crippen LogP contribution in [0.3, 0.4) is 0 Å². The molecule has 0 radical (unpaired) electrons. The minimum Gasteiger partial charge on any atom is -0.347 e. The number of nitrogens with one attached hydrogen (secondary N) is 1. The maximum atomic E-state index is 13.5. The SMILES string of the molecule is Cc1ccc(CNC(=O)c2cc(S)ccc2F)s1. The molecule has 1 amide bonds.